The van der Waals surface area contributed by atoms with Crippen LogP contribution in [-0.4, -0.2) is 7.11 Å². The van der Waals surface area contributed by atoms with Crippen LogP contribution in [0.4, 0.5) is 0 Å². The smallest absolute Gasteiger partial charge is 0.122 e. The minimum Gasteiger partial charge on any atom is -0.496 e. The van der Waals surface area contributed by atoms with Crippen LogP contribution < -0.4 is 4.74 Å². The molecule has 15 heavy (non-hydrogen) atoms. The molecule has 0 N–H and O–H groups in total. The summed E-state index contributed by atoms with van der Waals surface area (Å²) in [7, 11) is 1.67. The van der Waals surface area contributed by atoms with E-state index in [1.54, 1.807) is 7.11 Å². The molecule has 0 aliphatic rings. The Balaban J connectivity index is 0.000000921. The Morgan fingerprint density at radius 1 is 1.13 bits per heavy atom. The lowest BCUT2D eigenvalue weighted by molar-refractivity contribution is 0.411. The quantitative estimate of drug-likeness (QED) is 0.712. The third kappa shape index (κ3) is 2.98. The van der Waals surface area contributed by atoms with Crippen LogP contribution in [0.3, 0.4) is 0 Å². The van der Waals surface area contributed by atoms with E-state index in [4.69, 9.17) is 4.74 Å². The topological polar surface area (TPSA) is 9.23 Å². The van der Waals surface area contributed by atoms with Gasteiger partial charge in [-0.05, 0) is 29.7 Å². The van der Waals surface area contributed by atoms with Gasteiger partial charge in [0, 0.05) is 0 Å². The van der Waals surface area contributed by atoms with Gasteiger partial charge in [0.1, 0.15) is 5.75 Å². The molecule has 0 amide bonds. The number of hydrogen-bond donors (Lipinski definition) is 0. The second-order valence-corrected chi connectivity index (χ2v) is 2.80. The molecular weight excluding hydrogens is 184 g/mol. The number of ether oxygens (including phenoxy) is 1. The Morgan fingerprint density at radius 2 is 1.73 bits per heavy atom. The van der Waals surface area contributed by atoms with Crippen LogP contribution in [0, 0.1) is 6.92 Å². The molecule has 1 aromatic carbocycles. The Morgan fingerprint density at radius 3 is 2.13 bits per heavy atom. The summed E-state index contributed by atoms with van der Waals surface area (Å²) in [6, 6.07) is 3.93. The van der Waals surface area contributed by atoms with Gasteiger partial charge in [-0.25, -0.2) is 0 Å². The van der Waals surface area contributed by atoms with Crippen LogP contribution in [-0.2, 0) is 0 Å². The number of rotatable bonds is 3. The molecule has 0 unspecified atom stereocenters. The second-order valence-electron chi connectivity index (χ2n) is 2.80. The summed E-state index contributed by atoms with van der Waals surface area (Å²) in [4.78, 5) is 0. The SMILES string of the molecule is C=Cc1ccc(OC)c(C)c1C=C.CC. The molecule has 0 radical (unpaired) electrons. The minimum atomic E-state index is 0.889. The number of benzene rings is 1. The van der Waals surface area contributed by atoms with Gasteiger partial charge in [-0.3, -0.25) is 0 Å². The lowest BCUT2D eigenvalue weighted by Gasteiger charge is -2.10. The maximum atomic E-state index is 5.20. The van der Waals surface area contributed by atoms with Gasteiger partial charge in [0.25, 0.3) is 0 Å². The zero-order valence-corrected chi connectivity index (χ0v) is 10.1. The van der Waals surface area contributed by atoms with Crippen molar-refractivity contribution in [1.29, 1.82) is 0 Å². The van der Waals surface area contributed by atoms with Crippen molar-refractivity contribution in [2.45, 2.75) is 20.8 Å². The fourth-order valence-corrected chi connectivity index (χ4v) is 1.40. The van der Waals surface area contributed by atoms with Gasteiger partial charge in [0.15, 0.2) is 0 Å². The molecule has 1 heteroatoms. The van der Waals surface area contributed by atoms with E-state index in [1.165, 1.54) is 0 Å². The van der Waals surface area contributed by atoms with E-state index in [0.29, 0.717) is 0 Å². The van der Waals surface area contributed by atoms with Crippen molar-refractivity contribution in [3.8, 4) is 5.75 Å². The average molecular weight is 204 g/mol. The van der Waals surface area contributed by atoms with Gasteiger partial charge in [0.2, 0.25) is 0 Å². The van der Waals surface area contributed by atoms with E-state index >= 15 is 0 Å². The highest BCUT2D eigenvalue weighted by atomic mass is 16.5. The lowest BCUT2D eigenvalue weighted by atomic mass is 10.0. The van der Waals surface area contributed by atoms with E-state index < -0.39 is 0 Å². The number of hydrogen-bond acceptors (Lipinski definition) is 1. The van der Waals surface area contributed by atoms with Crippen molar-refractivity contribution in [3.05, 3.63) is 42.0 Å². The molecule has 1 nitrogen and oxygen atoms in total. The molecule has 0 aliphatic carbocycles. The van der Waals surface area contributed by atoms with E-state index in [9.17, 15) is 0 Å². The second kappa shape index (κ2) is 6.88. The van der Waals surface area contributed by atoms with E-state index in [0.717, 1.165) is 22.4 Å². The van der Waals surface area contributed by atoms with Gasteiger partial charge < -0.3 is 4.74 Å². The van der Waals surface area contributed by atoms with E-state index in [-0.39, 0.29) is 0 Å². The summed E-state index contributed by atoms with van der Waals surface area (Å²) in [5.41, 5.74) is 3.29. The van der Waals surface area contributed by atoms with Gasteiger partial charge in [-0.2, -0.15) is 0 Å². The molecule has 0 aliphatic heterocycles. The van der Waals surface area contributed by atoms with Crippen molar-refractivity contribution < 1.29 is 4.74 Å². The van der Waals surface area contributed by atoms with Gasteiger partial charge in [0.05, 0.1) is 7.11 Å². The van der Waals surface area contributed by atoms with Crippen LogP contribution in [0.15, 0.2) is 25.3 Å². The molecule has 1 aromatic rings. The van der Waals surface area contributed by atoms with Crippen LogP contribution >= 0.6 is 0 Å². The molecule has 82 valence electrons. The highest BCUT2D eigenvalue weighted by Gasteiger charge is 2.04. The van der Waals surface area contributed by atoms with Crippen LogP contribution in [0.2, 0.25) is 0 Å². The lowest BCUT2D eigenvalue weighted by Crippen LogP contribution is -1.92. The third-order valence-corrected chi connectivity index (χ3v) is 2.14. The average Bonchev–Trinajstić information content (AvgIpc) is 2.31. The largest absolute Gasteiger partial charge is 0.496 e. The summed E-state index contributed by atoms with van der Waals surface area (Å²) in [6.45, 7) is 13.5. The maximum absolute atomic E-state index is 5.20. The predicted octanol–water partition coefficient (Wildman–Crippen LogP) is 4.32. The molecule has 0 saturated carbocycles. The van der Waals surface area contributed by atoms with Crippen LogP contribution in [0.1, 0.15) is 30.5 Å². The van der Waals surface area contributed by atoms with Crippen LogP contribution in [0.25, 0.3) is 12.2 Å². The Hall–Kier alpha value is -1.50. The maximum Gasteiger partial charge on any atom is 0.122 e. The fourth-order valence-electron chi connectivity index (χ4n) is 1.40. The molecule has 0 aromatic heterocycles. The molecule has 0 saturated heterocycles. The van der Waals surface area contributed by atoms with Gasteiger partial charge in [-0.15, -0.1) is 0 Å². The predicted molar refractivity (Wildman–Crippen MR) is 69.3 cm³/mol. The minimum absolute atomic E-state index is 0.889. The third-order valence-electron chi connectivity index (χ3n) is 2.14. The fraction of sp³-hybridized carbons (Fsp3) is 0.286. The molecule has 1 rings (SSSR count). The monoisotopic (exact) mass is 204 g/mol. The first-order chi connectivity index (χ1) is 7.24. The first-order valence-electron chi connectivity index (χ1n) is 5.17. The number of methoxy groups -OCH3 is 1. The molecule has 0 atom stereocenters. The van der Waals surface area contributed by atoms with Gasteiger partial charge in [-0.1, -0.05) is 45.2 Å². The zero-order valence-electron chi connectivity index (χ0n) is 10.1. The molecule has 0 heterocycles. The highest BCUT2D eigenvalue weighted by Crippen LogP contribution is 2.25. The summed E-state index contributed by atoms with van der Waals surface area (Å²) in [5.74, 6) is 0.889. The summed E-state index contributed by atoms with van der Waals surface area (Å²) in [6.07, 6.45) is 3.65. The van der Waals surface area contributed by atoms with Crippen molar-refractivity contribution in [2.75, 3.05) is 7.11 Å². The highest BCUT2D eigenvalue weighted by molar-refractivity contribution is 5.68. The van der Waals surface area contributed by atoms with E-state index in [2.05, 4.69) is 13.2 Å². The van der Waals surface area contributed by atoms with Crippen molar-refractivity contribution in [3.63, 3.8) is 0 Å². The molecule has 0 spiro atoms. The zero-order chi connectivity index (χ0) is 11.8. The summed E-state index contributed by atoms with van der Waals surface area (Å²) < 4.78 is 5.20. The first kappa shape index (κ1) is 13.5. The molecule has 0 bridgehead atoms. The summed E-state index contributed by atoms with van der Waals surface area (Å²) in [5, 5.41) is 0. The van der Waals surface area contributed by atoms with Gasteiger partial charge >= 0.3 is 0 Å². The van der Waals surface area contributed by atoms with Crippen molar-refractivity contribution in [2.24, 2.45) is 0 Å². The normalized spacial score (nSPS) is 8.53. The molecule has 0 fully saturated rings. The Kier molecular flexibility index (Phi) is 6.19. The van der Waals surface area contributed by atoms with Crippen LogP contribution in [0.5, 0.6) is 5.75 Å². The summed E-state index contributed by atoms with van der Waals surface area (Å²) >= 11 is 0. The van der Waals surface area contributed by atoms with Crippen molar-refractivity contribution >= 4 is 12.2 Å². The first-order valence-corrected chi connectivity index (χ1v) is 5.17. The Labute approximate surface area is 93.1 Å². The standard InChI is InChI=1S/C12H14O.C2H6/c1-5-10-7-8-12(13-4)9(3)11(10)6-2;1-2/h5-8H,1-2H2,3-4H3;1-2H3. The van der Waals surface area contributed by atoms with E-state index in [1.807, 2.05) is 45.1 Å². The Bertz CT molecular complexity index is 337. The molecular formula is C14H20O. The van der Waals surface area contributed by atoms with Crippen molar-refractivity contribution in [1.82, 2.24) is 0 Å².